The molecule has 2 rings (SSSR count). The maximum atomic E-state index is 4.34. The van der Waals surface area contributed by atoms with Gasteiger partial charge in [-0.3, -0.25) is 0 Å². The van der Waals surface area contributed by atoms with Crippen molar-refractivity contribution in [2.75, 3.05) is 5.32 Å². The maximum absolute atomic E-state index is 4.34. The van der Waals surface area contributed by atoms with Crippen LogP contribution in [-0.2, 0) is 6.42 Å². The first-order valence-electron chi connectivity index (χ1n) is 7.56. The number of anilines is 1. The first kappa shape index (κ1) is 14.5. The van der Waals surface area contributed by atoms with Gasteiger partial charge in [0.15, 0.2) is 0 Å². The van der Waals surface area contributed by atoms with Crippen LogP contribution in [0.15, 0.2) is 12.4 Å². The Morgan fingerprint density at radius 1 is 1.16 bits per heavy atom. The quantitative estimate of drug-likeness (QED) is 0.842. The second-order valence-electron chi connectivity index (χ2n) is 6.81. The molecule has 0 aromatic carbocycles. The third-order valence-electron chi connectivity index (χ3n) is 4.39. The van der Waals surface area contributed by atoms with Crippen LogP contribution < -0.4 is 5.32 Å². The van der Waals surface area contributed by atoms with Crippen LogP contribution in [-0.4, -0.2) is 24.1 Å². The summed E-state index contributed by atoms with van der Waals surface area (Å²) in [6.45, 7) is 9.64. The van der Waals surface area contributed by atoms with E-state index in [0.29, 0.717) is 6.04 Å². The largest absolute Gasteiger partial charge is 0.367 e. The van der Waals surface area contributed by atoms with Crippen molar-refractivity contribution >= 4 is 13.9 Å². The van der Waals surface area contributed by atoms with Crippen molar-refractivity contribution in [3.05, 3.63) is 18.1 Å². The van der Waals surface area contributed by atoms with Gasteiger partial charge >= 0.3 is 0 Å². The number of nitrogens with zero attached hydrogens (tertiary/aromatic N) is 2. The molecule has 0 spiro atoms. The maximum Gasteiger partial charge on any atom is 0.129 e. The molecule has 1 aliphatic rings. The number of rotatable bonds is 4. The van der Waals surface area contributed by atoms with Crippen LogP contribution in [0.5, 0.6) is 0 Å². The minimum absolute atomic E-state index is 0.604. The highest BCUT2D eigenvalue weighted by Crippen LogP contribution is 2.37. The summed E-state index contributed by atoms with van der Waals surface area (Å²) in [5.74, 6) is 1.00. The van der Waals surface area contributed by atoms with Gasteiger partial charge in [-0.25, -0.2) is 9.97 Å². The van der Waals surface area contributed by atoms with Gasteiger partial charge in [0.05, 0.1) is 0 Å². The molecule has 0 atom stereocenters. The van der Waals surface area contributed by atoms with E-state index in [1.807, 2.05) is 0 Å². The lowest BCUT2D eigenvalue weighted by atomic mass is 9.95. The fourth-order valence-electron chi connectivity index (χ4n) is 2.98. The average Bonchev–Trinajstić information content (AvgIpc) is 2.38. The molecular weight excluding hydrogens is 250 g/mol. The Kier molecular flexibility index (Phi) is 4.61. The van der Waals surface area contributed by atoms with Crippen LogP contribution in [0.2, 0.25) is 25.2 Å². The molecule has 3 nitrogen and oxygen atoms in total. The van der Waals surface area contributed by atoms with E-state index in [0.717, 1.165) is 23.5 Å². The van der Waals surface area contributed by atoms with E-state index in [4.69, 9.17) is 0 Å². The standard InChI is InChI=1S/C15H27N3Si/c1-5-12-10-15(17-11-16-12)18-13-6-8-14(9-7-13)19(2,3)4/h10-11,13-14H,5-9H2,1-4H3,(H,16,17,18). The van der Waals surface area contributed by atoms with Gasteiger partial charge in [0.1, 0.15) is 12.1 Å². The summed E-state index contributed by atoms with van der Waals surface area (Å²) >= 11 is 0. The number of hydrogen-bond donors (Lipinski definition) is 1. The second kappa shape index (κ2) is 6.03. The second-order valence-corrected chi connectivity index (χ2v) is 12.4. The Labute approximate surface area is 118 Å². The molecule has 106 valence electrons. The fourth-order valence-corrected chi connectivity index (χ4v) is 5.05. The van der Waals surface area contributed by atoms with Crippen LogP contribution in [0.3, 0.4) is 0 Å². The van der Waals surface area contributed by atoms with Crippen LogP contribution in [0.4, 0.5) is 5.82 Å². The molecule has 0 amide bonds. The number of aromatic nitrogens is 2. The normalized spacial score (nSPS) is 24.2. The summed E-state index contributed by atoms with van der Waals surface area (Å²) < 4.78 is 0. The van der Waals surface area contributed by atoms with E-state index in [2.05, 4.69) is 47.9 Å². The van der Waals surface area contributed by atoms with Crippen molar-refractivity contribution in [2.45, 2.75) is 70.3 Å². The van der Waals surface area contributed by atoms with Gasteiger partial charge < -0.3 is 5.32 Å². The third-order valence-corrected chi connectivity index (χ3v) is 7.42. The summed E-state index contributed by atoms with van der Waals surface area (Å²) in [7, 11) is -0.946. The molecule has 0 bridgehead atoms. The molecule has 4 heteroatoms. The Morgan fingerprint density at radius 3 is 2.42 bits per heavy atom. The van der Waals surface area contributed by atoms with Gasteiger partial charge in [-0.2, -0.15) is 0 Å². The van der Waals surface area contributed by atoms with E-state index >= 15 is 0 Å². The van der Waals surface area contributed by atoms with Gasteiger partial charge in [0.25, 0.3) is 0 Å². The topological polar surface area (TPSA) is 37.8 Å². The Hall–Kier alpha value is -0.903. The molecule has 19 heavy (non-hydrogen) atoms. The van der Waals surface area contributed by atoms with Crippen molar-refractivity contribution in [3.8, 4) is 0 Å². The summed E-state index contributed by atoms with van der Waals surface area (Å²) in [4.78, 5) is 8.59. The highest BCUT2D eigenvalue weighted by Gasteiger charge is 2.30. The zero-order valence-corrected chi connectivity index (χ0v) is 13.7. The molecular formula is C15H27N3Si. The zero-order valence-electron chi connectivity index (χ0n) is 12.7. The molecule has 0 saturated heterocycles. The van der Waals surface area contributed by atoms with Gasteiger partial charge in [-0.15, -0.1) is 0 Å². The number of nitrogens with one attached hydrogen (secondary N) is 1. The van der Waals surface area contributed by atoms with Crippen molar-refractivity contribution in [3.63, 3.8) is 0 Å². The van der Waals surface area contributed by atoms with Gasteiger partial charge in [-0.05, 0) is 24.8 Å². The molecule has 0 unspecified atom stereocenters. The van der Waals surface area contributed by atoms with Gasteiger partial charge in [0.2, 0.25) is 0 Å². The van der Waals surface area contributed by atoms with Crippen molar-refractivity contribution < 1.29 is 0 Å². The smallest absolute Gasteiger partial charge is 0.129 e. The first-order valence-corrected chi connectivity index (χ1v) is 11.1. The van der Waals surface area contributed by atoms with Crippen molar-refractivity contribution in [2.24, 2.45) is 0 Å². The summed E-state index contributed by atoms with van der Waals surface area (Å²) in [6.07, 6.45) is 8.01. The fraction of sp³-hybridized carbons (Fsp3) is 0.733. The Bertz CT molecular complexity index is 406. The van der Waals surface area contributed by atoms with E-state index in [9.17, 15) is 0 Å². The molecule has 1 aliphatic carbocycles. The summed E-state index contributed by atoms with van der Waals surface area (Å²) in [5.41, 5.74) is 2.12. The molecule has 1 fully saturated rings. The first-order chi connectivity index (χ1) is 8.99. The lowest BCUT2D eigenvalue weighted by Gasteiger charge is -2.36. The highest BCUT2D eigenvalue weighted by molar-refractivity contribution is 6.77. The third kappa shape index (κ3) is 4.03. The SMILES string of the molecule is CCc1cc(NC2CCC([Si](C)(C)C)CC2)ncn1. The number of aryl methyl sites for hydroxylation is 1. The molecule has 1 aromatic rings. The van der Waals surface area contributed by atoms with E-state index in [1.54, 1.807) is 6.33 Å². The van der Waals surface area contributed by atoms with Crippen LogP contribution >= 0.6 is 0 Å². The number of hydrogen-bond acceptors (Lipinski definition) is 3. The van der Waals surface area contributed by atoms with Crippen LogP contribution in [0, 0.1) is 0 Å². The monoisotopic (exact) mass is 277 g/mol. The zero-order chi connectivity index (χ0) is 13.9. The van der Waals surface area contributed by atoms with Crippen LogP contribution in [0.25, 0.3) is 0 Å². The predicted octanol–water partition coefficient (Wildman–Crippen LogP) is 4.10. The Morgan fingerprint density at radius 2 is 1.84 bits per heavy atom. The molecule has 1 saturated carbocycles. The molecule has 0 aliphatic heterocycles. The average molecular weight is 277 g/mol. The van der Waals surface area contributed by atoms with Gasteiger partial charge in [-0.1, -0.05) is 39.4 Å². The van der Waals surface area contributed by atoms with Crippen molar-refractivity contribution in [1.82, 2.24) is 9.97 Å². The highest BCUT2D eigenvalue weighted by atomic mass is 28.3. The van der Waals surface area contributed by atoms with Gasteiger partial charge in [0, 0.05) is 25.9 Å². The van der Waals surface area contributed by atoms with E-state index in [-0.39, 0.29) is 0 Å². The summed E-state index contributed by atoms with van der Waals surface area (Å²) in [5, 5.41) is 3.59. The lowest BCUT2D eigenvalue weighted by Crippen LogP contribution is -2.34. The van der Waals surface area contributed by atoms with E-state index < -0.39 is 8.07 Å². The molecule has 1 heterocycles. The van der Waals surface area contributed by atoms with E-state index in [1.165, 1.54) is 25.7 Å². The lowest BCUT2D eigenvalue weighted by molar-refractivity contribution is 0.453. The summed E-state index contributed by atoms with van der Waals surface area (Å²) in [6, 6.07) is 2.69. The minimum atomic E-state index is -0.946. The Balaban J connectivity index is 1.88. The minimum Gasteiger partial charge on any atom is -0.367 e. The van der Waals surface area contributed by atoms with Crippen LogP contribution in [0.1, 0.15) is 38.3 Å². The van der Waals surface area contributed by atoms with Crippen molar-refractivity contribution in [1.29, 1.82) is 0 Å². The predicted molar refractivity (Wildman–Crippen MR) is 84.4 cm³/mol. The molecule has 1 N–H and O–H groups in total. The molecule has 0 radical (unpaired) electrons. The molecule has 1 aromatic heterocycles.